The van der Waals surface area contributed by atoms with Crippen molar-refractivity contribution < 1.29 is 9.90 Å². The minimum absolute atomic E-state index is 0.105. The van der Waals surface area contributed by atoms with Crippen LogP contribution in [0.15, 0.2) is 47.5 Å². The molecule has 1 aromatic carbocycles. The normalized spacial score (nSPS) is 17.0. The molecule has 2 aromatic rings. The lowest BCUT2D eigenvalue weighted by atomic mass is 10.2. The van der Waals surface area contributed by atoms with Crippen molar-refractivity contribution in [1.82, 2.24) is 4.57 Å². The summed E-state index contributed by atoms with van der Waals surface area (Å²) in [4.78, 5) is 14.5. The summed E-state index contributed by atoms with van der Waals surface area (Å²) in [6, 6.07) is 10.4. The maximum absolute atomic E-state index is 12.5. The Balaban J connectivity index is 1.96. The molecule has 2 heterocycles. The van der Waals surface area contributed by atoms with Gasteiger partial charge in [-0.15, -0.1) is 0 Å². The third-order valence-corrected chi connectivity index (χ3v) is 4.45. The number of hydrogen-bond acceptors (Lipinski definition) is 4. The van der Waals surface area contributed by atoms with E-state index in [-0.39, 0.29) is 11.7 Å². The fraction of sp³-hybridized carbons (Fsp3) is 0.0667. The first-order valence-electron chi connectivity index (χ1n) is 6.24. The van der Waals surface area contributed by atoms with Gasteiger partial charge in [0.2, 0.25) is 0 Å². The zero-order valence-electron chi connectivity index (χ0n) is 11.2. The van der Waals surface area contributed by atoms with E-state index >= 15 is 0 Å². The first kappa shape index (κ1) is 13.9. The molecule has 0 bridgehead atoms. The number of carbonyl (C=O) groups is 1. The molecule has 1 aliphatic heterocycles. The maximum atomic E-state index is 12.5. The first-order valence-corrected chi connectivity index (χ1v) is 7.47. The average Bonchev–Trinajstić information content (AvgIpc) is 2.95. The molecule has 1 N–H and O–H groups in total. The van der Waals surface area contributed by atoms with E-state index < -0.39 is 0 Å². The Labute approximate surface area is 131 Å². The van der Waals surface area contributed by atoms with E-state index in [1.807, 2.05) is 36.0 Å². The number of phenols is 1. The third-order valence-electron chi connectivity index (χ3n) is 3.14. The third kappa shape index (κ3) is 2.59. The number of phenolic OH excluding ortho intramolecular Hbond substituents is 1. The van der Waals surface area contributed by atoms with Crippen LogP contribution in [0.1, 0.15) is 5.69 Å². The van der Waals surface area contributed by atoms with Crippen LogP contribution in [0.25, 0.3) is 6.08 Å². The van der Waals surface area contributed by atoms with Crippen LogP contribution in [0.5, 0.6) is 5.75 Å². The van der Waals surface area contributed by atoms with Crippen molar-refractivity contribution in [2.75, 3.05) is 4.90 Å². The highest BCUT2D eigenvalue weighted by molar-refractivity contribution is 8.27. The number of amides is 1. The SMILES string of the molecule is Cn1cccc1/C=C1\SC(=S)N(c2cccc(O)c2)C1=O. The molecule has 1 fully saturated rings. The van der Waals surface area contributed by atoms with Crippen molar-refractivity contribution in [2.45, 2.75) is 0 Å². The number of aromatic nitrogens is 1. The predicted molar refractivity (Wildman–Crippen MR) is 89.2 cm³/mol. The zero-order valence-corrected chi connectivity index (χ0v) is 12.8. The van der Waals surface area contributed by atoms with Crippen molar-refractivity contribution in [1.29, 1.82) is 0 Å². The minimum Gasteiger partial charge on any atom is -0.508 e. The van der Waals surface area contributed by atoms with Crippen LogP contribution in [-0.4, -0.2) is 19.9 Å². The van der Waals surface area contributed by atoms with E-state index in [0.717, 1.165) is 5.69 Å². The van der Waals surface area contributed by atoms with Gasteiger partial charge in [-0.1, -0.05) is 30.0 Å². The lowest BCUT2D eigenvalue weighted by Crippen LogP contribution is -2.27. The largest absolute Gasteiger partial charge is 0.508 e. The molecule has 0 unspecified atom stereocenters. The Kier molecular flexibility index (Phi) is 3.57. The number of aromatic hydroxyl groups is 1. The number of thioether (sulfide) groups is 1. The van der Waals surface area contributed by atoms with Crippen LogP contribution in [0.3, 0.4) is 0 Å². The van der Waals surface area contributed by atoms with Gasteiger partial charge in [0, 0.05) is 25.0 Å². The van der Waals surface area contributed by atoms with Gasteiger partial charge in [-0.25, -0.2) is 0 Å². The molecular formula is C15H12N2O2S2. The topological polar surface area (TPSA) is 45.5 Å². The van der Waals surface area contributed by atoms with E-state index in [4.69, 9.17) is 12.2 Å². The fourth-order valence-corrected chi connectivity index (χ4v) is 3.36. The number of nitrogens with zero attached hydrogens (tertiary/aromatic N) is 2. The van der Waals surface area contributed by atoms with Crippen LogP contribution in [0.2, 0.25) is 0 Å². The Morgan fingerprint density at radius 1 is 1.29 bits per heavy atom. The number of thiocarbonyl (C=S) groups is 1. The van der Waals surface area contributed by atoms with E-state index in [9.17, 15) is 9.90 Å². The minimum atomic E-state index is -0.170. The highest BCUT2D eigenvalue weighted by Crippen LogP contribution is 2.36. The molecule has 1 amide bonds. The van der Waals surface area contributed by atoms with E-state index in [2.05, 4.69) is 0 Å². The summed E-state index contributed by atoms with van der Waals surface area (Å²) in [5.41, 5.74) is 1.51. The molecule has 6 heteroatoms. The van der Waals surface area contributed by atoms with Crippen molar-refractivity contribution in [3.05, 3.63) is 53.2 Å². The van der Waals surface area contributed by atoms with Gasteiger partial charge in [-0.05, 0) is 30.3 Å². The van der Waals surface area contributed by atoms with Crippen molar-refractivity contribution in [3.63, 3.8) is 0 Å². The van der Waals surface area contributed by atoms with Gasteiger partial charge < -0.3 is 9.67 Å². The number of aryl methyl sites for hydroxylation is 1. The second kappa shape index (κ2) is 5.38. The predicted octanol–water partition coefficient (Wildman–Crippen LogP) is 3.14. The highest BCUT2D eigenvalue weighted by atomic mass is 32.2. The molecule has 0 atom stereocenters. The summed E-state index contributed by atoms with van der Waals surface area (Å²) in [5.74, 6) is -0.0650. The van der Waals surface area contributed by atoms with E-state index in [0.29, 0.717) is 14.9 Å². The van der Waals surface area contributed by atoms with Gasteiger partial charge in [-0.3, -0.25) is 9.69 Å². The standard InChI is InChI=1S/C15H12N2O2S2/c1-16-7-3-5-10(16)9-13-14(19)17(15(20)21-13)11-4-2-6-12(18)8-11/h2-9,18H,1H3/b13-9-. The van der Waals surface area contributed by atoms with Gasteiger partial charge in [-0.2, -0.15) is 0 Å². The lowest BCUT2D eigenvalue weighted by molar-refractivity contribution is -0.113. The van der Waals surface area contributed by atoms with Crippen molar-refractivity contribution in [3.8, 4) is 5.75 Å². The highest BCUT2D eigenvalue weighted by Gasteiger charge is 2.33. The number of rotatable bonds is 2. The number of hydrogen-bond donors (Lipinski definition) is 1. The number of carbonyl (C=O) groups excluding carboxylic acids is 1. The molecule has 1 saturated heterocycles. The van der Waals surface area contributed by atoms with Crippen LogP contribution in [-0.2, 0) is 11.8 Å². The summed E-state index contributed by atoms with van der Waals surface area (Å²) in [6.07, 6.45) is 3.74. The molecule has 4 nitrogen and oxygen atoms in total. The second-order valence-electron chi connectivity index (χ2n) is 4.58. The number of anilines is 1. The van der Waals surface area contributed by atoms with Gasteiger partial charge in [0.05, 0.1) is 10.6 Å². The molecular weight excluding hydrogens is 304 g/mol. The van der Waals surface area contributed by atoms with Crippen LogP contribution >= 0.6 is 24.0 Å². The quantitative estimate of drug-likeness (QED) is 0.683. The summed E-state index contributed by atoms with van der Waals surface area (Å²) < 4.78 is 2.40. The summed E-state index contributed by atoms with van der Waals surface area (Å²) in [5, 5.41) is 9.55. The lowest BCUT2D eigenvalue weighted by Gasteiger charge is -2.14. The van der Waals surface area contributed by atoms with E-state index in [1.165, 1.54) is 22.7 Å². The van der Waals surface area contributed by atoms with Gasteiger partial charge >= 0.3 is 0 Å². The molecule has 0 saturated carbocycles. The molecule has 0 spiro atoms. The molecule has 106 valence electrons. The zero-order chi connectivity index (χ0) is 15.0. The summed E-state index contributed by atoms with van der Waals surface area (Å²) >= 11 is 6.55. The van der Waals surface area contributed by atoms with Crippen LogP contribution < -0.4 is 4.90 Å². The molecule has 0 radical (unpaired) electrons. The average molecular weight is 316 g/mol. The van der Waals surface area contributed by atoms with Gasteiger partial charge in [0.25, 0.3) is 5.91 Å². The summed E-state index contributed by atoms with van der Waals surface area (Å²) in [6.45, 7) is 0. The Morgan fingerprint density at radius 3 is 2.76 bits per heavy atom. The van der Waals surface area contributed by atoms with Crippen molar-refractivity contribution in [2.24, 2.45) is 7.05 Å². The van der Waals surface area contributed by atoms with Crippen molar-refractivity contribution >= 4 is 46.0 Å². The molecule has 21 heavy (non-hydrogen) atoms. The Bertz CT molecular complexity index is 765. The van der Waals surface area contributed by atoms with Gasteiger partial charge in [0.1, 0.15) is 5.75 Å². The molecule has 0 aliphatic carbocycles. The van der Waals surface area contributed by atoms with Gasteiger partial charge in [0.15, 0.2) is 4.32 Å². The Hall–Kier alpha value is -2.05. The van der Waals surface area contributed by atoms with Crippen LogP contribution in [0, 0.1) is 0 Å². The van der Waals surface area contributed by atoms with E-state index in [1.54, 1.807) is 18.2 Å². The maximum Gasteiger partial charge on any atom is 0.270 e. The fourth-order valence-electron chi connectivity index (χ4n) is 2.08. The molecule has 3 rings (SSSR count). The Morgan fingerprint density at radius 2 is 2.10 bits per heavy atom. The molecule has 1 aliphatic rings. The monoisotopic (exact) mass is 316 g/mol. The molecule has 1 aromatic heterocycles. The first-order chi connectivity index (χ1) is 10.1. The number of benzene rings is 1. The van der Waals surface area contributed by atoms with Crippen LogP contribution in [0.4, 0.5) is 5.69 Å². The smallest absolute Gasteiger partial charge is 0.270 e. The second-order valence-corrected chi connectivity index (χ2v) is 6.26. The summed E-state index contributed by atoms with van der Waals surface area (Å²) in [7, 11) is 1.92.